The molecule has 5 nitrogen and oxygen atoms in total. The van der Waals surface area contributed by atoms with Crippen molar-refractivity contribution in [2.45, 2.75) is 66.8 Å². The molecule has 2 N–H and O–H groups in total. The molecule has 1 aliphatic rings. The Morgan fingerprint density at radius 2 is 1.97 bits per heavy atom. The third-order valence-electron chi connectivity index (χ3n) is 6.94. The summed E-state index contributed by atoms with van der Waals surface area (Å²) in [5.74, 6) is 0.0508. The Kier molecular flexibility index (Phi) is 4.83. The fourth-order valence-corrected chi connectivity index (χ4v) is 4.42. The number of carbonyl (C=O) groups is 1. The van der Waals surface area contributed by atoms with Crippen LogP contribution in [0.1, 0.15) is 69.6 Å². The number of hydrogen-bond acceptors (Lipinski definition) is 2. The minimum Gasteiger partial charge on any atom is -0.353 e. The summed E-state index contributed by atoms with van der Waals surface area (Å²) < 4.78 is 0. The standard InChI is InChI=1S/C25H34N4O/c1-15(24(2,3)4)29(7)23(30)17-9-8-16-12-20(26-19(16)13-17)22-18-10-11-25(5,6)14-21(18)27-28-22/h8-9,12-13,15,26H,10-11,14H2,1-7H3,(H,27,28). The number of rotatable bonds is 3. The maximum absolute atomic E-state index is 13.1. The van der Waals surface area contributed by atoms with Gasteiger partial charge in [0.1, 0.15) is 5.69 Å². The predicted octanol–water partition coefficient (Wildman–Crippen LogP) is 5.58. The Morgan fingerprint density at radius 1 is 1.23 bits per heavy atom. The molecule has 0 bridgehead atoms. The number of benzene rings is 1. The van der Waals surface area contributed by atoms with Crippen LogP contribution in [0.5, 0.6) is 0 Å². The molecule has 0 spiro atoms. The molecule has 2 aromatic heterocycles. The molecule has 1 aromatic carbocycles. The van der Waals surface area contributed by atoms with Crippen LogP contribution in [-0.4, -0.2) is 39.1 Å². The van der Waals surface area contributed by atoms with Gasteiger partial charge in [-0.1, -0.05) is 40.7 Å². The molecule has 3 aromatic rings. The maximum Gasteiger partial charge on any atom is 0.253 e. The SMILES string of the molecule is CC(N(C)C(=O)c1ccc2cc(-c3n[nH]c4c3CCC(C)(C)C4)[nH]c2c1)C(C)(C)C. The van der Waals surface area contributed by atoms with Crippen LogP contribution in [0.2, 0.25) is 0 Å². The Bertz CT molecular complexity index is 1100. The first-order chi connectivity index (χ1) is 14.0. The summed E-state index contributed by atoms with van der Waals surface area (Å²) in [6.07, 6.45) is 3.25. The van der Waals surface area contributed by atoms with Crippen LogP contribution in [-0.2, 0) is 12.8 Å². The highest BCUT2D eigenvalue weighted by molar-refractivity contribution is 5.98. The van der Waals surface area contributed by atoms with Gasteiger partial charge < -0.3 is 9.88 Å². The number of H-pyrrole nitrogens is 2. The second-order valence-corrected chi connectivity index (χ2v) is 10.8. The third kappa shape index (κ3) is 3.66. The maximum atomic E-state index is 13.1. The van der Waals surface area contributed by atoms with E-state index in [9.17, 15) is 4.79 Å². The molecule has 4 rings (SSSR count). The van der Waals surface area contributed by atoms with E-state index in [2.05, 4.69) is 62.8 Å². The first kappa shape index (κ1) is 20.7. The van der Waals surface area contributed by atoms with E-state index in [1.807, 2.05) is 30.1 Å². The van der Waals surface area contributed by atoms with Gasteiger partial charge in [0.25, 0.3) is 5.91 Å². The van der Waals surface area contributed by atoms with E-state index in [1.54, 1.807) is 0 Å². The average molecular weight is 407 g/mol. The fraction of sp³-hybridized carbons (Fsp3) is 0.520. The quantitative estimate of drug-likeness (QED) is 0.596. The van der Waals surface area contributed by atoms with Crippen LogP contribution in [0, 0.1) is 10.8 Å². The van der Waals surface area contributed by atoms with Gasteiger partial charge in [-0.05, 0) is 55.2 Å². The van der Waals surface area contributed by atoms with Crippen LogP contribution in [0.15, 0.2) is 24.3 Å². The van der Waals surface area contributed by atoms with E-state index in [-0.39, 0.29) is 17.4 Å². The van der Waals surface area contributed by atoms with E-state index in [0.29, 0.717) is 11.0 Å². The van der Waals surface area contributed by atoms with Gasteiger partial charge in [0, 0.05) is 40.8 Å². The first-order valence-electron chi connectivity index (χ1n) is 10.9. The van der Waals surface area contributed by atoms with Crippen molar-refractivity contribution >= 4 is 16.8 Å². The van der Waals surface area contributed by atoms with Crippen molar-refractivity contribution in [2.24, 2.45) is 10.8 Å². The van der Waals surface area contributed by atoms with E-state index >= 15 is 0 Å². The zero-order chi connectivity index (χ0) is 21.8. The zero-order valence-corrected chi connectivity index (χ0v) is 19.3. The lowest BCUT2D eigenvalue weighted by Gasteiger charge is -2.35. The molecule has 0 fully saturated rings. The molecular formula is C25H34N4O. The Balaban J connectivity index is 1.64. The highest BCUT2D eigenvalue weighted by atomic mass is 16.2. The number of nitrogens with zero attached hydrogens (tertiary/aromatic N) is 2. The minimum atomic E-state index is 0.0295. The van der Waals surface area contributed by atoms with Crippen molar-refractivity contribution in [3.63, 3.8) is 0 Å². The molecular weight excluding hydrogens is 372 g/mol. The van der Waals surface area contributed by atoms with E-state index in [0.717, 1.165) is 35.1 Å². The molecule has 2 heterocycles. The number of aromatic amines is 2. The van der Waals surface area contributed by atoms with Crippen LogP contribution in [0.3, 0.4) is 0 Å². The number of aromatic nitrogens is 3. The lowest BCUT2D eigenvalue weighted by Crippen LogP contribution is -2.42. The molecule has 1 aliphatic carbocycles. The lowest BCUT2D eigenvalue weighted by molar-refractivity contribution is 0.0629. The molecule has 30 heavy (non-hydrogen) atoms. The molecule has 1 unspecified atom stereocenters. The number of carbonyl (C=O) groups excluding carboxylic acids is 1. The van der Waals surface area contributed by atoms with E-state index in [1.165, 1.54) is 17.7 Å². The molecule has 0 saturated heterocycles. The number of fused-ring (bicyclic) bond motifs is 2. The summed E-state index contributed by atoms with van der Waals surface area (Å²) in [7, 11) is 1.89. The summed E-state index contributed by atoms with van der Waals surface area (Å²) >= 11 is 0. The minimum absolute atomic E-state index is 0.0295. The number of nitrogens with one attached hydrogen (secondary N) is 2. The first-order valence-corrected chi connectivity index (χ1v) is 10.9. The van der Waals surface area contributed by atoms with Gasteiger partial charge in [0.2, 0.25) is 0 Å². The molecule has 1 amide bonds. The molecule has 0 saturated carbocycles. The van der Waals surface area contributed by atoms with Gasteiger partial charge in [-0.2, -0.15) is 5.10 Å². The highest BCUT2D eigenvalue weighted by Gasteiger charge is 2.30. The topological polar surface area (TPSA) is 64.8 Å². The van der Waals surface area contributed by atoms with Crippen LogP contribution < -0.4 is 0 Å². The summed E-state index contributed by atoms with van der Waals surface area (Å²) in [6.45, 7) is 13.2. The largest absolute Gasteiger partial charge is 0.353 e. The van der Waals surface area contributed by atoms with E-state index in [4.69, 9.17) is 0 Å². The molecule has 160 valence electrons. The lowest BCUT2D eigenvalue weighted by atomic mass is 9.76. The van der Waals surface area contributed by atoms with Crippen molar-refractivity contribution < 1.29 is 4.79 Å². The average Bonchev–Trinajstić information content (AvgIpc) is 3.26. The van der Waals surface area contributed by atoms with Crippen molar-refractivity contribution in [1.82, 2.24) is 20.1 Å². The summed E-state index contributed by atoms with van der Waals surface area (Å²) in [5.41, 5.74) is 6.65. The number of amides is 1. The molecule has 0 aliphatic heterocycles. The van der Waals surface area contributed by atoms with Gasteiger partial charge in [0.05, 0.1) is 5.69 Å². The fourth-order valence-electron chi connectivity index (χ4n) is 4.42. The van der Waals surface area contributed by atoms with Crippen molar-refractivity contribution in [3.8, 4) is 11.4 Å². The zero-order valence-electron chi connectivity index (χ0n) is 19.3. The molecule has 5 heteroatoms. The Labute approximate surface area is 179 Å². The van der Waals surface area contributed by atoms with E-state index < -0.39 is 0 Å². The van der Waals surface area contributed by atoms with Gasteiger partial charge in [0.15, 0.2) is 0 Å². The second kappa shape index (κ2) is 7.00. The highest BCUT2D eigenvalue weighted by Crippen LogP contribution is 2.38. The second-order valence-electron chi connectivity index (χ2n) is 10.8. The van der Waals surface area contributed by atoms with Gasteiger partial charge in [-0.15, -0.1) is 0 Å². The molecule has 0 radical (unpaired) electrons. The normalized spacial score (nSPS) is 17.0. The van der Waals surface area contributed by atoms with Crippen molar-refractivity contribution in [2.75, 3.05) is 7.05 Å². The predicted molar refractivity (Wildman–Crippen MR) is 123 cm³/mol. The Morgan fingerprint density at radius 3 is 2.67 bits per heavy atom. The third-order valence-corrected chi connectivity index (χ3v) is 6.94. The van der Waals surface area contributed by atoms with Crippen LogP contribution >= 0.6 is 0 Å². The van der Waals surface area contributed by atoms with Crippen LogP contribution in [0.25, 0.3) is 22.3 Å². The number of hydrogen-bond donors (Lipinski definition) is 2. The van der Waals surface area contributed by atoms with Crippen molar-refractivity contribution in [1.29, 1.82) is 0 Å². The van der Waals surface area contributed by atoms with Crippen LogP contribution in [0.4, 0.5) is 0 Å². The van der Waals surface area contributed by atoms with Gasteiger partial charge in [-0.3, -0.25) is 9.89 Å². The van der Waals surface area contributed by atoms with Crippen molar-refractivity contribution in [3.05, 3.63) is 41.1 Å². The molecule has 1 atom stereocenters. The summed E-state index contributed by atoms with van der Waals surface area (Å²) in [5, 5.41) is 9.00. The van der Waals surface area contributed by atoms with Gasteiger partial charge >= 0.3 is 0 Å². The summed E-state index contributed by atoms with van der Waals surface area (Å²) in [4.78, 5) is 18.4. The van der Waals surface area contributed by atoms with Gasteiger partial charge in [-0.25, -0.2) is 0 Å². The monoisotopic (exact) mass is 406 g/mol. The Hall–Kier alpha value is -2.56. The summed E-state index contributed by atoms with van der Waals surface area (Å²) in [6, 6.07) is 8.20. The smallest absolute Gasteiger partial charge is 0.253 e.